The maximum absolute atomic E-state index is 11.6. The van der Waals surface area contributed by atoms with Crippen LogP contribution in [0.1, 0.15) is 5.69 Å². The zero-order chi connectivity index (χ0) is 14.6. The average Bonchev–Trinajstić information content (AvgIpc) is 2.47. The molecule has 0 atom stereocenters. The summed E-state index contributed by atoms with van der Waals surface area (Å²) in [5.41, 5.74) is 7.61. The van der Waals surface area contributed by atoms with Gasteiger partial charge >= 0.3 is 0 Å². The lowest BCUT2D eigenvalue weighted by Crippen LogP contribution is -2.18. The van der Waals surface area contributed by atoms with Crippen LogP contribution in [0.5, 0.6) is 0 Å². The first-order valence-corrected chi connectivity index (χ1v) is 7.35. The monoisotopic (exact) mass is 293 g/mol. The molecule has 0 amide bonds. The van der Waals surface area contributed by atoms with E-state index < -0.39 is 10.0 Å². The second-order valence-corrected chi connectivity index (χ2v) is 5.91. The molecule has 1 aromatic carbocycles. The quantitative estimate of drug-likeness (QED) is 0.696. The third kappa shape index (κ3) is 3.22. The van der Waals surface area contributed by atoms with Gasteiger partial charge in [-0.3, -0.25) is 0 Å². The normalized spacial score (nSPS) is 11.2. The molecular weight excluding hydrogens is 278 g/mol. The van der Waals surface area contributed by atoms with E-state index in [4.69, 9.17) is 5.73 Å². The number of nitrogen functional groups attached to an aromatic ring is 1. The molecule has 2 rings (SSSR count). The molecule has 0 fully saturated rings. The van der Waals surface area contributed by atoms with Crippen molar-refractivity contribution in [2.75, 3.05) is 18.1 Å². The zero-order valence-electron chi connectivity index (χ0n) is 10.9. The SMILES string of the molecule is CNS(=O)(=O)c1ccc(NCc2cccnn2)c(N)c1. The fourth-order valence-electron chi connectivity index (χ4n) is 1.60. The van der Waals surface area contributed by atoms with E-state index in [0.717, 1.165) is 5.69 Å². The zero-order valence-corrected chi connectivity index (χ0v) is 11.7. The number of hydrogen-bond acceptors (Lipinski definition) is 6. The van der Waals surface area contributed by atoms with Crippen LogP contribution in [-0.2, 0) is 16.6 Å². The summed E-state index contributed by atoms with van der Waals surface area (Å²) >= 11 is 0. The second-order valence-electron chi connectivity index (χ2n) is 4.03. The van der Waals surface area contributed by atoms with Gasteiger partial charge in [0.15, 0.2) is 0 Å². The molecule has 106 valence electrons. The smallest absolute Gasteiger partial charge is 0.240 e. The Bertz CT molecular complexity index is 688. The van der Waals surface area contributed by atoms with Crippen LogP contribution in [0.25, 0.3) is 0 Å². The van der Waals surface area contributed by atoms with E-state index in [0.29, 0.717) is 17.9 Å². The number of rotatable bonds is 5. The van der Waals surface area contributed by atoms with Crippen molar-refractivity contribution < 1.29 is 8.42 Å². The van der Waals surface area contributed by atoms with Crippen LogP contribution >= 0.6 is 0 Å². The van der Waals surface area contributed by atoms with E-state index in [-0.39, 0.29) is 4.90 Å². The van der Waals surface area contributed by atoms with E-state index in [9.17, 15) is 8.42 Å². The molecule has 0 aliphatic rings. The fraction of sp³-hybridized carbons (Fsp3) is 0.167. The maximum atomic E-state index is 11.6. The fourth-order valence-corrected chi connectivity index (χ4v) is 2.37. The Hall–Kier alpha value is -2.19. The van der Waals surface area contributed by atoms with E-state index in [1.54, 1.807) is 18.3 Å². The predicted molar refractivity (Wildman–Crippen MR) is 76.5 cm³/mol. The Kier molecular flexibility index (Phi) is 4.16. The molecule has 1 aromatic heterocycles. The maximum Gasteiger partial charge on any atom is 0.240 e. The molecule has 0 aliphatic carbocycles. The first-order valence-electron chi connectivity index (χ1n) is 5.86. The van der Waals surface area contributed by atoms with Gasteiger partial charge in [0.05, 0.1) is 28.5 Å². The van der Waals surface area contributed by atoms with Crippen molar-refractivity contribution in [1.29, 1.82) is 0 Å². The Morgan fingerprint density at radius 1 is 1.30 bits per heavy atom. The van der Waals surface area contributed by atoms with Crippen molar-refractivity contribution in [3.63, 3.8) is 0 Å². The molecule has 0 radical (unpaired) electrons. The third-order valence-corrected chi connectivity index (χ3v) is 4.10. The number of nitrogens with one attached hydrogen (secondary N) is 2. The molecule has 8 heteroatoms. The molecule has 0 spiro atoms. The highest BCUT2D eigenvalue weighted by atomic mass is 32.2. The van der Waals surface area contributed by atoms with Gasteiger partial charge < -0.3 is 11.1 Å². The summed E-state index contributed by atoms with van der Waals surface area (Å²) < 4.78 is 25.5. The van der Waals surface area contributed by atoms with Gasteiger partial charge in [-0.25, -0.2) is 13.1 Å². The summed E-state index contributed by atoms with van der Waals surface area (Å²) in [6.45, 7) is 0.455. The minimum Gasteiger partial charge on any atom is -0.397 e. The first kappa shape index (κ1) is 14.2. The van der Waals surface area contributed by atoms with Gasteiger partial charge in [0.1, 0.15) is 0 Å². The summed E-state index contributed by atoms with van der Waals surface area (Å²) in [7, 11) is -2.13. The summed E-state index contributed by atoms with van der Waals surface area (Å²) in [5, 5.41) is 10.8. The van der Waals surface area contributed by atoms with Gasteiger partial charge in [-0.05, 0) is 37.4 Å². The standard InChI is InChI=1S/C12H15N5O2S/c1-14-20(18,19)10-4-5-12(11(13)7-10)15-8-9-3-2-6-16-17-9/h2-7,14-15H,8,13H2,1H3. The Morgan fingerprint density at radius 3 is 2.70 bits per heavy atom. The number of aromatic nitrogens is 2. The van der Waals surface area contributed by atoms with Crippen LogP contribution in [0, 0.1) is 0 Å². The van der Waals surface area contributed by atoms with Crippen molar-refractivity contribution >= 4 is 21.4 Å². The summed E-state index contributed by atoms with van der Waals surface area (Å²) in [4.78, 5) is 0.127. The highest BCUT2D eigenvalue weighted by molar-refractivity contribution is 7.89. The summed E-state index contributed by atoms with van der Waals surface area (Å²) in [5.74, 6) is 0. The number of benzene rings is 1. The molecule has 0 unspecified atom stereocenters. The molecule has 0 aliphatic heterocycles. The number of nitrogens with zero attached hydrogens (tertiary/aromatic N) is 2. The third-order valence-electron chi connectivity index (χ3n) is 2.69. The molecular formula is C12H15N5O2S. The second kappa shape index (κ2) is 5.85. The van der Waals surface area contributed by atoms with E-state index in [2.05, 4.69) is 20.2 Å². The Labute approximate surface area is 117 Å². The summed E-state index contributed by atoms with van der Waals surface area (Å²) in [6, 6.07) is 8.13. The summed E-state index contributed by atoms with van der Waals surface area (Å²) in [6.07, 6.45) is 1.59. The van der Waals surface area contributed by atoms with Crippen LogP contribution in [0.2, 0.25) is 0 Å². The average molecular weight is 293 g/mol. The van der Waals surface area contributed by atoms with Gasteiger partial charge in [0.2, 0.25) is 10.0 Å². The van der Waals surface area contributed by atoms with E-state index in [1.165, 1.54) is 19.2 Å². The van der Waals surface area contributed by atoms with Crippen molar-refractivity contribution in [2.45, 2.75) is 11.4 Å². The number of hydrogen-bond donors (Lipinski definition) is 3. The topological polar surface area (TPSA) is 110 Å². The van der Waals surface area contributed by atoms with Crippen molar-refractivity contribution in [3.05, 3.63) is 42.2 Å². The lowest BCUT2D eigenvalue weighted by molar-refractivity contribution is 0.588. The molecule has 1 heterocycles. The molecule has 0 saturated heterocycles. The van der Waals surface area contributed by atoms with Gasteiger partial charge in [0, 0.05) is 6.20 Å². The van der Waals surface area contributed by atoms with Crippen molar-refractivity contribution in [1.82, 2.24) is 14.9 Å². The van der Waals surface area contributed by atoms with Gasteiger partial charge in [-0.15, -0.1) is 0 Å². The van der Waals surface area contributed by atoms with Gasteiger partial charge in [-0.1, -0.05) is 0 Å². The highest BCUT2D eigenvalue weighted by Crippen LogP contribution is 2.22. The Balaban J connectivity index is 2.15. The van der Waals surface area contributed by atoms with Crippen LogP contribution in [0.3, 0.4) is 0 Å². The van der Waals surface area contributed by atoms with E-state index >= 15 is 0 Å². The van der Waals surface area contributed by atoms with Crippen molar-refractivity contribution in [2.24, 2.45) is 0 Å². The Morgan fingerprint density at radius 2 is 2.10 bits per heavy atom. The molecule has 7 nitrogen and oxygen atoms in total. The lowest BCUT2D eigenvalue weighted by Gasteiger charge is -2.10. The molecule has 0 bridgehead atoms. The lowest BCUT2D eigenvalue weighted by atomic mass is 10.2. The predicted octanol–water partition coefficient (Wildman–Crippen LogP) is 0.579. The molecule has 4 N–H and O–H groups in total. The van der Waals surface area contributed by atoms with Gasteiger partial charge in [-0.2, -0.15) is 10.2 Å². The van der Waals surface area contributed by atoms with Crippen LogP contribution < -0.4 is 15.8 Å². The minimum atomic E-state index is -3.48. The van der Waals surface area contributed by atoms with Gasteiger partial charge in [0.25, 0.3) is 0 Å². The first-order chi connectivity index (χ1) is 9.53. The largest absolute Gasteiger partial charge is 0.397 e. The molecule has 20 heavy (non-hydrogen) atoms. The highest BCUT2D eigenvalue weighted by Gasteiger charge is 2.12. The number of sulfonamides is 1. The number of anilines is 2. The van der Waals surface area contributed by atoms with Crippen LogP contribution in [0.15, 0.2) is 41.4 Å². The molecule has 2 aromatic rings. The van der Waals surface area contributed by atoms with E-state index in [1.807, 2.05) is 6.07 Å². The van der Waals surface area contributed by atoms with Crippen LogP contribution in [0.4, 0.5) is 11.4 Å². The van der Waals surface area contributed by atoms with Crippen LogP contribution in [-0.4, -0.2) is 25.7 Å². The number of nitrogens with two attached hydrogens (primary N) is 1. The minimum absolute atomic E-state index is 0.127. The van der Waals surface area contributed by atoms with Crippen molar-refractivity contribution in [3.8, 4) is 0 Å². The molecule has 0 saturated carbocycles.